The van der Waals surface area contributed by atoms with Crippen molar-refractivity contribution in [1.82, 2.24) is 4.90 Å². The van der Waals surface area contributed by atoms with Gasteiger partial charge < -0.3 is 19.1 Å². The first-order valence-electron chi connectivity index (χ1n) is 11.4. The van der Waals surface area contributed by atoms with Crippen LogP contribution in [0.3, 0.4) is 0 Å². The normalized spacial score (nSPS) is 22.7. The van der Waals surface area contributed by atoms with E-state index in [1.807, 2.05) is 0 Å². The standard InChI is InChI=1S/C25H37NO5/c1-25(2,3)19-6-8-20(9-7-19)31-24(28)17-10-12-26(13-11-17)23(27)18-14-21(29-4)16-22(15-18)30-5/h14-17,19-20H,6-13H2,1-5H3. The molecule has 1 amide bonds. The van der Waals surface area contributed by atoms with Gasteiger partial charge in [-0.15, -0.1) is 0 Å². The summed E-state index contributed by atoms with van der Waals surface area (Å²) in [6, 6.07) is 5.19. The van der Waals surface area contributed by atoms with E-state index in [1.165, 1.54) is 0 Å². The van der Waals surface area contributed by atoms with Crippen LogP contribution in [0.25, 0.3) is 0 Å². The zero-order chi connectivity index (χ0) is 22.6. The summed E-state index contributed by atoms with van der Waals surface area (Å²) in [7, 11) is 3.13. The van der Waals surface area contributed by atoms with Crippen LogP contribution in [0.4, 0.5) is 0 Å². The molecular weight excluding hydrogens is 394 g/mol. The van der Waals surface area contributed by atoms with Gasteiger partial charge in [-0.3, -0.25) is 9.59 Å². The van der Waals surface area contributed by atoms with Crippen molar-refractivity contribution in [1.29, 1.82) is 0 Å². The number of nitrogens with zero attached hydrogens (tertiary/aromatic N) is 1. The van der Waals surface area contributed by atoms with Gasteiger partial charge in [-0.1, -0.05) is 20.8 Å². The van der Waals surface area contributed by atoms with Crippen LogP contribution in [0.2, 0.25) is 0 Å². The van der Waals surface area contributed by atoms with Gasteiger partial charge in [-0.2, -0.15) is 0 Å². The molecule has 2 fully saturated rings. The van der Waals surface area contributed by atoms with Gasteiger partial charge in [0.25, 0.3) is 5.91 Å². The molecule has 1 aromatic carbocycles. The second-order valence-electron chi connectivity index (χ2n) is 9.94. The van der Waals surface area contributed by atoms with Crippen molar-refractivity contribution in [2.24, 2.45) is 17.3 Å². The molecule has 1 aromatic rings. The quantitative estimate of drug-likeness (QED) is 0.632. The van der Waals surface area contributed by atoms with Crippen molar-refractivity contribution in [3.05, 3.63) is 23.8 Å². The van der Waals surface area contributed by atoms with E-state index in [4.69, 9.17) is 14.2 Å². The Bertz CT molecular complexity index is 746. The van der Waals surface area contributed by atoms with E-state index < -0.39 is 0 Å². The molecule has 172 valence electrons. The first-order chi connectivity index (χ1) is 14.7. The minimum Gasteiger partial charge on any atom is -0.497 e. The molecule has 1 saturated carbocycles. The summed E-state index contributed by atoms with van der Waals surface area (Å²) in [5.74, 6) is 1.60. The molecular formula is C25H37NO5. The monoisotopic (exact) mass is 431 g/mol. The molecule has 0 bridgehead atoms. The summed E-state index contributed by atoms with van der Waals surface area (Å²) < 4.78 is 16.4. The van der Waals surface area contributed by atoms with Crippen LogP contribution < -0.4 is 9.47 Å². The highest BCUT2D eigenvalue weighted by Gasteiger charge is 2.34. The summed E-state index contributed by atoms with van der Waals surface area (Å²) >= 11 is 0. The number of rotatable bonds is 5. The average molecular weight is 432 g/mol. The van der Waals surface area contributed by atoms with E-state index in [0.717, 1.165) is 25.7 Å². The number of amides is 1. The van der Waals surface area contributed by atoms with Crippen LogP contribution in [0.5, 0.6) is 11.5 Å². The molecule has 6 heteroatoms. The minimum atomic E-state index is -0.121. The zero-order valence-corrected chi connectivity index (χ0v) is 19.6. The fraction of sp³-hybridized carbons (Fsp3) is 0.680. The molecule has 1 heterocycles. The van der Waals surface area contributed by atoms with Gasteiger partial charge in [0.1, 0.15) is 17.6 Å². The smallest absolute Gasteiger partial charge is 0.309 e. The Hall–Kier alpha value is -2.24. The summed E-state index contributed by atoms with van der Waals surface area (Å²) in [6.07, 6.45) is 5.50. The topological polar surface area (TPSA) is 65.1 Å². The van der Waals surface area contributed by atoms with E-state index in [0.29, 0.717) is 54.3 Å². The number of esters is 1. The van der Waals surface area contributed by atoms with Gasteiger partial charge in [-0.25, -0.2) is 0 Å². The number of carbonyl (C=O) groups excluding carboxylic acids is 2. The van der Waals surface area contributed by atoms with Crippen molar-refractivity contribution >= 4 is 11.9 Å². The lowest BCUT2D eigenvalue weighted by atomic mass is 9.72. The molecule has 1 aliphatic heterocycles. The van der Waals surface area contributed by atoms with Crippen molar-refractivity contribution < 1.29 is 23.8 Å². The number of hydrogen-bond acceptors (Lipinski definition) is 5. The second-order valence-corrected chi connectivity index (χ2v) is 9.94. The van der Waals surface area contributed by atoms with E-state index in [1.54, 1.807) is 37.3 Å². The van der Waals surface area contributed by atoms with Gasteiger partial charge in [-0.05, 0) is 62.0 Å². The fourth-order valence-electron chi connectivity index (χ4n) is 4.74. The fourth-order valence-corrected chi connectivity index (χ4v) is 4.74. The maximum absolute atomic E-state index is 12.9. The van der Waals surface area contributed by atoms with Crippen molar-refractivity contribution in [3.63, 3.8) is 0 Å². The maximum Gasteiger partial charge on any atom is 0.309 e. The molecule has 0 aromatic heterocycles. The molecule has 1 saturated heterocycles. The SMILES string of the molecule is COc1cc(OC)cc(C(=O)N2CCC(C(=O)OC3CCC(C(C)(C)C)CC3)CC2)c1. The Balaban J connectivity index is 1.49. The molecule has 2 aliphatic rings. The summed E-state index contributed by atoms with van der Waals surface area (Å²) in [6.45, 7) is 7.98. The molecule has 0 radical (unpaired) electrons. The van der Waals surface area contributed by atoms with Gasteiger partial charge in [0.2, 0.25) is 0 Å². The number of piperidine rings is 1. The van der Waals surface area contributed by atoms with Crippen molar-refractivity contribution in [3.8, 4) is 11.5 Å². The molecule has 3 rings (SSSR count). The number of carbonyl (C=O) groups is 2. The van der Waals surface area contributed by atoms with Crippen LogP contribution in [0.1, 0.15) is 69.7 Å². The lowest BCUT2D eigenvalue weighted by Crippen LogP contribution is -2.41. The van der Waals surface area contributed by atoms with Gasteiger partial charge >= 0.3 is 5.97 Å². The third-order valence-electron chi connectivity index (χ3n) is 6.90. The number of hydrogen-bond donors (Lipinski definition) is 0. The van der Waals surface area contributed by atoms with Crippen LogP contribution >= 0.6 is 0 Å². The van der Waals surface area contributed by atoms with Crippen LogP contribution in [-0.2, 0) is 9.53 Å². The van der Waals surface area contributed by atoms with Crippen molar-refractivity contribution in [2.45, 2.75) is 65.4 Å². The Morgan fingerprint density at radius 2 is 1.42 bits per heavy atom. The molecule has 0 spiro atoms. The van der Waals surface area contributed by atoms with Crippen LogP contribution in [-0.4, -0.2) is 50.2 Å². The highest BCUT2D eigenvalue weighted by Crippen LogP contribution is 2.39. The predicted molar refractivity (Wildman–Crippen MR) is 119 cm³/mol. The predicted octanol–water partition coefficient (Wildman–Crippen LogP) is 4.70. The van der Waals surface area contributed by atoms with Gasteiger partial charge in [0.15, 0.2) is 0 Å². The average Bonchev–Trinajstić information content (AvgIpc) is 2.78. The molecule has 6 nitrogen and oxygen atoms in total. The molecule has 0 atom stereocenters. The Labute approximate surface area is 186 Å². The Morgan fingerprint density at radius 3 is 1.90 bits per heavy atom. The lowest BCUT2D eigenvalue weighted by molar-refractivity contribution is -0.157. The lowest BCUT2D eigenvalue weighted by Gasteiger charge is -2.37. The molecule has 0 unspecified atom stereocenters. The first kappa shape index (κ1) is 23.4. The van der Waals surface area contributed by atoms with E-state index >= 15 is 0 Å². The van der Waals surface area contributed by atoms with E-state index in [9.17, 15) is 9.59 Å². The van der Waals surface area contributed by atoms with E-state index in [2.05, 4.69) is 20.8 Å². The largest absolute Gasteiger partial charge is 0.497 e. The highest BCUT2D eigenvalue weighted by molar-refractivity contribution is 5.95. The minimum absolute atomic E-state index is 0.0509. The summed E-state index contributed by atoms with van der Waals surface area (Å²) in [5.41, 5.74) is 0.856. The zero-order valence-electron chi connectivity index (χ0n) is 19.6. The number of methoxy groups -OCH3 is 2. The first-order valence-corrected chi connectivity index (χ1v) is 11.4. The second kappa shape index (κ2) is 9.92. The summed E-state index contributed by atoms with van der Waals surface area (Å²) in [4.78, 5) is 27.4. The van der Waals surface area contributed by atoms with Crippen LogP contribution in [0.15, 0.2) is 18.2 Å². The molecule has 1 aliphatic carbocycles. The third-order valence-corrected chi connectivity index (χ3v) is 6.90. The number of likely N-dealkylation sites (tertiary alicyclic amines) is 1. The van der Waals surface area contributed by atoms with Crippen LogP contribution in [0, 0.1) is 17.3 Å². The number of ether oxygens (including phenoxy) is 3. The van der Waals surface area contributed by atoms with Gasteiger partial charge in [0, 0.05) is 24.7 Å². The Kier molecular flexibility index (Phi) is 7.50. The Morgan fingerprint density at radius 1 is 0.871 bits per heavy atom. The molecule has 31 heavy (non-hydrogen) atoms. The summed E-state index contributed by atoms with van der Waals surface area (Å²) in [5, 5.41) is 0. The highest BCUT2D eigenvalue weighted by atomic mass is 16.5. The van der Waals surface area contributed by atoms with Crippen molar-refractivity contribution in [2.75, 3.05) is 27.3 Å². The third kappa shape index (κ3) is 5.92. The van der Waals surface area contributed by atoms with Gasteiger partial charge in [0.05, 0.1) is 20.1 Å². The van der Waals surface area contributed by atoms with E-state index in [-0.39, 0.29) is 23.9 Å². The number of benzene rings is 1. The maximum atomic E-state index is 12.9. The molecule has 0 N–H and O–H groups in total.